The summed E-state index contributed by atoms with van der Waals surface area (Å²) in [6.45, 7) is 0. The number of hydrogen-bond donors (Lipinski definition) is 3. The van der Waals surface area contributed by atoms with Crippen LogP contribution in [-0.2, 0) is 0 Å². The summed E-state index contributed by atoms with van der Waals surface area (Å²) in [5, 5.41) is 28.0. The zero-order valence-electron chi connectivity index (χ0n) is 14.2. The molecular formula is C19H20N4O3. The van der Waals surface area contributed by atoms with Gasteiger partial charge in [-0.3, -0.25) is 0 Å². The summed E-state index contributed by atoms with van der Waals surface area (Å²) in [4.78, 5) is 16.1. The molecule has 3 aromatic rings. The van der Waals surface area contributed by atoms with E-state index in [2.05, 4.69) is 15.4 Å². The maximum absolute atomic E-state index is 11.8. The smallest absolute Gasteiger partial charge is 0.337 e. The lowest BCUT2D eigenvalue weighted by molar-refractivity contribution is 0.0316. The fourth-order valence-electron chi connectivity index (χ4n) is 3.59. The number of anilines is 1. The molecule has 0 bridgehead atoms. The molecule has 0 amide bonds. The van der Waals surface area contributed by atoms with Crippen molar-refractivity contribution in [2.75, 3.05) is 5.32 Å². The fourth-order valence-corrected chi connectivity index (χ4v) is 3.59. The van der Waals surface area contributed by atoms with Crippen LogP contribution in [0.1, 0.15) is 42.5 Å². The summed E-state index contributed by atoms with van der Waals surface area (Å²) in [5.74, 6) is -1.05. The molecule has 1 aliphatic rings. The fraction of sp³-hybridized carbons (Fsp3) is 0.316. The van der Waals surface area contributed by atoms with Gasteiger partial charge in [0.1, 0.15) is 5.72 Å². The molecule has 1 aromatic carbocycles. The minimum atomic E-state index is -1.10. The zero-order chi connectivity index (χ0) is 18.1. The lowest BCUT2D eigenvalue weighted by Gasteiger charge is -2.35. The third-order valence-electron chi connectivity index (χ3n) is 4.89. The van der Waals surface area contributed by atoms with Crippen LogP contribution in [0.4, 0.5) is 5.69 Å². The number of aliphatic hydroxyl groups is 1. The van der Waals surface area contributed by atoms with Crippen LogP contribution in [-0.4, -0.2) is 36.5 Å². The number of para-hydroxylation sites is 1. The number of carboxylic acid groups (broad SMARTS) is 1. The lowest BCUT2D eigenvalue weighted by Crippen LogP contribution is -2.40. The molecule has 0 atom stereocenters. The SMILES string of the molecule is O=C(O)c1cccc(-c2cnc3cccnn23)c1NC1(O)CCCCC1. The molecule has 2 heterocycles. The quantitative estimate of drug-likeness (QED) is 0.624. The van der Waals surface area contributed by atoms with Crippen LogP contribution in [0, 0.1) is 0 Å². The number of carboxylic acids is 1. The van der Waals surface area contributed by atoms with Crippen molar-refractivity contribution in [3.8, 4) is 11.3 Å². The van der Waals surface area contributed by atoms with E-state index in [0.717, 1.165) is 19.3 Å². The third-order valence-corrected chi connectivity index (χ3v) is 4.89. The molecule has 1 saturated carbocycles. The number of aromatic carboxylic acids is 1. The monoisotopic (exact) mass is 352 g/mol. The van der Waals surface area contributed by atoms with E-state index in [1.807, 2.05) is 12.1 Å². The van der Waals surface area contributed by atoms with Gasteiger partial charge in [0.05, 0.1) is 23.1 Å². The number of rotatable bonds is 4. The molecule has 0 radical (unpaired) electrons. The van der Waals surface area contributed by atoms with Crippen LogP contribution in [0.2, 0.25) is 0 Å². The molecule has 0 aliphatic heterocycles. The molecule has 134 valence electrons. The normalized spacial score (nSPS) is 16.5. The summed E-state index contributed by atoms with van der Waals surface area (Å²) < 4.78 is 1.66. The molecule has 7 heteroatoms. The van der Waals surface area contributed by atoms with Crippen molar-refractivity contribution in [3.63, 3.8) is 0 Å². The number of hydrogen-bond acceptors (Lipinski definition) is 5. The van der Waals surface area contributed by atoms with Gasteiger partial charge in [0.15, 0.2) is 5.65 Å². The highest BCUT2D eigenvalue weighted by molar-refractivity contribution is 5.99. The highest BCUT2D eigenvalue weighted by Gasteiger charge is 2.31. The van der Waals surface area contributed by atoms with Gasteiger partial charge in [0.25, 0.3) is 0 Å². The predicted molar refractivity (Wildman–Crippen MR) is 97.0 cm³/mol. The van der Waals surface area contributed by atoms with Crippen LogP contribution in [0.25, 0.3) is 16.9 Å². The molecule has 0 saturated heterocycles. The maximum atomic E-state index is 11.8. The van der Waals surface area contributed by atoms with E-state index in [1.165, 1.54) is 6.07 Å². The number of imidazole rings is 1. The number of carbonyl (C=O) groups is 1. The van der Waals surface area contributed by atoms with Gasteiger partial charge < -0.3 is 15.5 Å². The van der Waals surface area contributed by atoms with Crippen LogP contribution >= 0.6 is 0 Å². The Morgan fingerprint density at radius 3 is 2.73 bits per heavy atom. The van der Waals surface area contributed by atoms with Crippen molar-refractivity contribution < 1.29 is 15.0 Å². The van der Waals surface area contributed by atoms with E-state index in [0.29, 0.717) is 35.4 Å². The van der Waals surface area contributed by atoms with E-state index in [9.17, 15) is 15.0 Å². The highest BCUT2D eigenvalue weighted by Crippen LogP contribution is 2.36. The van der Waals surface area contributed by atoms with Gasteiger partial charge in [-0.1, -0.05) is 18.6 Å². The summed E-state index contributed by atoms with van der Waals surface area (Å²) in [6, 6.07) is 8.68. The summed E-state index contributed by atoms with van der Waals surface area (Å²) >= 11 is 0. The Balaban J connectivity index is 1.87. The first-order valence-corrected chi connectivity index (χ1v) is 8.73. The van der Waals surface area contributed by atoms with Crippen molar-refractivity contribution >= 4 is 17.3 Å². The Bertz CT molecular complexity index is 960. The average molecular weight is 352 g/mol. The largest absolute Gasteiger partial charge is 0.478 e. The van der Waals surface area contributed by atoms with Crippen molar-refractivity contribution in [2.45, 2.75) is 37.8 Å². The first kappa shape index (κ1) is 16.5. The number of benzene rings is 1. The van der Waals surface area contributed by atoms with Crippen molar-refractivity contribution in [1.29, 1.82) is 0 Å². The number of fused-ring (bicyclic) bond motifs is 1. The molecule has 26 heavy (non-hydrogen) atoms. The minimum Gasteiger partial charge on any atom is -0.478 e. The van der Waals surface area contributed by atoms with Gasteiger partial charge in [-0.15, -0.1) is 0 Å². The maximum Gasteiger partial charge on any atom is 0.337 e. The van der Waals surface area contributed by atoms with E-state index >= 15 is 0 Å². The molecular weight excluding hydrogens is 332 g/mol. The molecule has 1 aliphatic carbocycles. The summed E-state index contributed by atoms with van der Waals surface area (Å²) in [7, 11) is 0. The van der Waals surface area contributed by atoms with Gasteiger partial charge in [-0.05, 0) is 43.9 Å². The molecule has 2 aromatic heterocycles. The first-order chi connectivity index (χ1) is 12.6. The van der Waals surface area contributed by atoms with Crippen LogP contribution in [0.5, 0.6) is 0 Å². The van der Waals surface area contributed by atoms with E-state index in [4.69, 9.17) is 0 Å². The standard InChI is InChI=1S/C19H20N4O3/c24-18(25)14-7-4-6-13(15-12-20-16-8-5-11-21-23(15)16)17(14)22-19(26)9-2-1-3-10-19/h4-8,11-12,22,26H,1-3,9-10H2,(H,24,25). The predicted octanol–water partition coefficient (Wildman–Crippen LogP) is 3.16. The minimum absolute atomic E-state index is 0.118. The Hall–Kier alpha value is -2.93. The average Bonchev–Trinajstić information content (AvgIpc) is 3.06. The molecule has 7 nitrogen and oxygen atoms in total. The topological polar surface area (TPSA) is 99.8 Å². The number of aromatic nitrogens is 3. The van der Waals surface area contributed by atoms with E-state index in [-0.39, 0.29) is 5.56 Å². The Morgan fingerprint density at radius 1 is 1.15 bits per heavy atom. The summed E-state index contributed by atoms with van der Waals surface area (Å²) in [5.41, 5.74) is 1.41. The number of nitrogens with zero attached hydrogens (tertiary/aromatic N) is 3. The second-order valence-electron chi connectivity index (χ2n) is 6.69. The summed E-state index contributed by atoms with van der Waals surface area (Å²) in [6.07, 6.45) is 7.39. The first-order valence-electron chi connectivity index (χ1n) is 8.73. The van der Waals surface area contributed by atoms with Gasteiger partial charge in [-0.25, -0.2) is 14.3 Å². The Morgan fingerprint density at radius 2 is 1.96 bits per heavy atom. The molecule has 0 spiro atoms. The van der Waals surface area contributed by atoms with Crippen LogP contribution in [0.15, 0.2) is 42.7 Å². The second kappa shape index (κ2) is 6.42. The van der Waals surface area contributed by atoms with Gasteiger partial charge in [0.2, 0.25) is 0 Å². The number of nitrogens with one attached hydrogen (secondary N) is 1. The Kier molecular flexibility index (Phi) is 4.08. The van der Waals surface area contributed by atoms with Gasteiger partial charge in [0, 0.05) is 11.8 Å². The van der Waals surface area contributed by atoms with Crippen molar-refractivity contribution in [1.82, 2.24) is 14.6 Å². The zero-order valence-corrected chi connectivity index (χ0v) is 14.2. The van der Waals surface area contributed by atoms with E-state index < -0.39 is 11.7 Å². The molecule has 1 fully saturated rings. The van der Waals surface area contributed by atoms with Crippen LogP contribution in [0.3, 0.4) is 0 Å². The Labute approximate surface area is 150 Å². The van der Waals surface area contributed by atoms with Gasteiger partial charge >= 0.3 is 5.97 Å². The molecule has 3 N–H and O–H groups in total. The van der Waals surface area contributed by atoms with Gasteiger partial charge in [-0.2, -0.15) is 5.10 Å². The van der Waals surface area contributed by atoms with Crippen molar-refractivity contribution in [2.24, 2.45) is 0 Å². The third kappa shape index (κ3) is 2.90. The molecule has 0 unspecified atom stereocenters. The lowest BCUT2D eigenvalue weighted by atomic mass is 9.90. The van der Waals surface area contributed by atoms with E-state index in [1.54, 1.807) is 29.0 Å². The highest BCUT2D eigenvalue weighted by atomic mass is 16.4. The second-order valence-corrected chi connectivity index (χ2v) is 6.69. The van der Waals surface area contributed by atoms with Crippen molar-refractivity contribution in [3.05, 3.63) is 48.3 Å². The molecule has 4 rings (SSSR count). The van der Waals surface area contributed by atoms with Crippen LogP contribution < -0.4 is 5.32 Å².